The predicted molar refractivity (Wildman–Crippen MR) is 118 cm³/mol. The molecule has 0 bridgehead atoms. The van der Waals surface area contributed by atoms with Gasteiger partial charge in [0, 0.05) is 33.8 Å². The highest BCUT2D eigenvalue weighted by Gasteiger charge is 2.17. The standard InChI is InChI=1S/C21H19ClN2O6S/c1-27-16-8-14(9-17(28-2)19(16)29-3)23-18(25)10-30-21(26)15-11-31-20(24-15)12-4-6-13(22)7-5-12/h4-9,11H,10H2,1-3H3,(H,23,25). The molecule has 3 aromatic rings. The van der Waals surface area contributed by atoms with Crippen molar-refractivity contribution >= 4 is 40.5 Å². The van der Waals surface area contributed by atoms with Crippen molar-refractivity contribution in [3.8, 4) is 27.8 Å². The topological polar surface area (TPSA) is 96.0 Å². The van der Waals surface area contributed by atoms with E-state index < -0.39 is 18.5 Å². The van der Waals surface area contributed by atoms with Crippen LogP contribution in [-0.4, -0.2) is 44.8 Å². The lowest BCUT2D eigenvalue weighted by Gasteiger charge is -2.14. The van der Waals surface area contributed by atoms with Gasteiger partial charge in [-0.15, -0.1) is 11.3 Å². The Morgan fingerprint density at radius 3 is 2.26 bits per heavy atom. The summed E-state index contributed by atoms with van der Waals surface area (Å²) in [7, 11) is 4.42. The van der Waals surface area contributed by atoms with Gasteiger partial charge in [0.25, 0.3) is 5.91 Å². The van der Waals surface area contributed by atoms with Crippen molar-refractivity contribution in [3.63, 3.8) is 0 Å². The molecular weight excluding hydrogens is 444 g/mol. The Balaban J connectivity index is 1.61. The Hall–Kier alpha value is -3.30. The summed E-state index contributed by atoms with van der Waals surface area (Å²) in [6.45, 7) is -0.483. The van der Waals surface area contributed by atoms with Crippen LogP contribution in [0.1, 0.15) is 10.5 Å². The smallest absolute Gasteiger partial charge is 0.358 e. The molecule has 1 amide bonds. The molecule has 31 heavy (non-hydrogen) atoms. The molecule has 8 nitrogen and oxygen atoms in total. The first-order valence-corrected chi connectivity index (χ1v) is 10.2. The Morgan fingerprint density at radius 2 is 1.68 bits per heavy atom. The number of thiazole rings is 1. The first-order chi connectivity index (χ1) is 14.9. The first kappa shape index (κ1) is 22.4. The normalized spacial score (nSPS) is 10.3. The van der Waals surface area contributed by atoms with Crippen molar-refractivity contribution in [2.24, 2.45) is 0 Å². The van der Waals surface area contributed by atoms with Crippen LogP contribution in [0.5, 0.6) is 17.2 Å². The molecule has 3 rings (SSSR count). The van der Waals surface area contributed by atoms with Crippen molar-refractivity contribution in [1.29, 1.82) is 0 Å². The SMILES string of the molecule is COc1cc(NC(=O)COC(=O)c2csc(-c3ccc(Cl)cc3)n2)cc(OC)c1OC. The maximum atomic E-state index is 12.2. The molecule has 10 heteroatoms. The summed E-state index contributed by atoms with van der Waals surface area (Å²) < 4.78 is 20.8. The molecule has 2 aromatic carbocycles. The molecular formula is C21H19ClN2O6S. The molecule has 0 atom stereocenters. The maximum Gasteiger partial charge on any atom is 0.358 e. The number of benzene rings is 2. The van der Waals surface area contributed by atoms with Gasteiger partial charge in [-0.1, -0.05) is 23.7 Å². The first-order valence-electron chi connectivity index (χ1n) is 8.93. The van der Waals surface area contributed by atoms with Gasteiger partial charge in [-0.2, -0.15) is 0 Å². The molecule has 0 spiro atoms. The van der Waals surface area contributed by atoms with Gasteiger partial charge in [-0.05, 0) is 12.1 Å². The van der Waals surface area contributed by atoms with Crippen LogP contribution >= 0.6 is 22.9 Å². The third kappa shape index (κ3) is 5.44. The predicted octanol–water partition coefficient (Wildman–Crippen LogP) is 4.28. The third-order valence-electron chi connectivity index (χ3n) is 4.09. The summed E-state index contributed by atoms with van der Waals surface area (Å²) in [5, 5.41) is 5.45. The van der Waals surface area contributed by atoms with Crippen LogP contribution in [0.15, 0.2) is 41.8 Å². The lowest BCUT2D eigenvalue weighted by molar-refractivity contribution is -0.119. The van der Waals surface area contributed by atoms with Crippen molar-refractivity contribution in [2.75, 3.05) is 33.3 Å². The van der Waals surface area contributed by atoms with Gasteiger partial charge in [-0.3, -0.25) is 4.79 Å². The Kier molecular flexibility index (Phi) is 7.32. The monoisotopic (exact) mass is 462 g/mol. The fourth-order valence-electron chi connectivity index (χ4n) is 2.65. The Morgan fingerprint density at radius 1 is 1.03 bits per heavy atom. The number of carbonyl (C=O) groups is 2. The number of hydrogen-bond acceptors (Lipinski definition) is 8. The van der Waals surface area contributed by atoms with Gasteiger partial charge in [0.1, 0.15) is 5.01 Å². The number of methoxy groups -OCH3 is 3. The number of rotatable bonds is 8. The van der Waals surface area contributed by atoms with Crippen molar-refractivity contribution in [2.45, 2.75) is 0 Å². The maximum absolute atomic E-state index is 12.2. The van der Waals surface area contributed by atoms with E-state index in [4.69, 9.17) is 30.5 Å². The number of carbonyl (C=O) groups excluding carboxylic acids is 2. The van der Waals surface area contributed by atoms with Crippen LogP contribution in [0.3, 0.4) is 0 Å². The van der Waals surface area contributed by atoms with Crippen molar-refractivity contribution < 1.29 is 28.5 Å². The summed E-state index contributed by atoms with van der Waals surface area (Å²) in [4.78, 5) is 28.7. The molecule has 1 heterocycles. The van der Waals surface area contributed by atoms with E-state index in [2.05, 4.69) is 10.3 Å². The molecule has 162 valence electrons. The van der Waals surface area contributed by atoms with E-state index in [0.717, 1.165) is 5.56 Å². The molecule has 0 aliphatic rings. The largest absolute Gasteiger partial charge is 0.493 e. The zero-order valence-electron chi connectivity index (χ0n) is 16.9. The lowest BCUT2D eigenvalue weighted by atomic mass is 10.2. The van der Waals surface area contributed by atoms with Gasteiger partial charge in [0.05, 0.1) is 21.3 Å². The fraction of sp³-hybridized carbons (Fsp3) is 0.190. The molecule has 0 unspecified atom stereocenters. The molecule has 0 aliphatic carbocycles. The van der Waals surface area contributed by atoms with Crippen LogP contribution in [0.2, 0.25) is 5.02 Å². The zero-order valence-corrected chi connectivity index (χ0v) is 18.5. The van der Waals surface area contributed by atoms with Gasteiger partial charge in [-0.25, -0.2) is 9.78 Å². The number of ether oxygens (including phenoxy) is 4. The number of halogens is 1. The zero-order chi connectivity index (χ0) is 22.4. The van der Waals surface area contributed by atoms with Crippen LogP contribution in [0.4, 0.5) is 5.69 Å². The number of anilines is 1. The highest BCUT2D eigenvalue weighted by Crippen LogP contribution is 2.39. The lowest BCUT2D eigenvalue weighted by Crippen LogP contribution is -2.21. The molecule has 0 fully saturated rings. The highest BCUT2D eigenvalue weighted by atomic mass is 35.5. The molecule has 0 saturated carbocycles. The van der Waals surface area contributed by atoms with E-state index in [0.29, 0.717) is 33.0 Å². The Bertz CT molecular complexity index is 1060. The average molecular weight is 463 g/mol. The van der Waals surface area contributed by atoms with Gasteiger partial charge < -0.3 is 24.3 Å². The second kappa shape index (κ2) is 10.1. The quantitative estimate of drug-likeness (QED) is 0.499. The van der Waals surface area contributed by atoms with Crippen LogP contribution in [0, 0.1) is 0 Å². The number of hydrogen-bond donors (Lipinski definition) is 1. The summed E-state index contributed by atoms with van der Waals surface area (Å²) >= 11 is 7.17. The summed E-state index contributed by atoms with van der Waals surface area (Å²) in [5.41, 5.74) is 1.35. The van der Waals surface area contributed by atoms with Crippen molar-refractivity contribution in [1.82, 2.24) is 4.98 Å². The molecule has 1 aromatic heterocycles. The van der Waals surface area contributed by atoms with E-state index in [9.17, 15) is 9.59 Å². The van der Waals surface area contributed by atoms with E-state index in [-0.39, 0.29) is 5.69 Å². The van der Waals surface area contributed by atoms with Crippen LogP contribution < -0.4 is 19.5 Å². The Labute approximate surface area is 187 Å². The molecule has 0 saturated heterocycles. The third-order valence-corrected chi connectivity index (χ3v) is 5.23. The van der Waals surface area contributed by atoms with Gasteiger partial charge >= 0.3 is 5.97 Å². The van der Waals surface area contributed by atoms with Crippen molar-refractivity contribution in [3.05, 3.63) is 52.5 Å². The van der Waals surface area contributed by atoms with E-state index >= 15 is 0 Å². The molecule has 1 N–H and O–H groups in total. The minimum absolute atomic E-state index is 0.121. The molecule has 0 radical (unpaired) electrons. The van der Waals surface area contributed by atoms with E-state index in [1.807, 2.05) is 0 Å². The minimum atomic E-state index is -0.698. The number of nitrogens with zero attached hydrogens (tertiary/aromatic N) is 1. The second-order valence-corrected chi connectivity index (χ2v) is 7.38. The van der Waals surface area contributed by atoms with Gasteiger partial charge in [0.2, 0.25) is 5.75 Å². The fourth-order valence-corrected chi connectivity index (χ4v) is 3.57. The summed E-state index contributed by atoms with van der Waals surface area (Å²) in [6, 6.07) is 10.2. The van der Waals surface area contributed by atoms with E-state index in [1.54, 1.807) is 41.8 Å². The summed E-state index contributed by atoms with van der Waals surface area (Å²) in [5.74, 6) is -0.0700. The number of amides is 1. The second-order valence-electron chi connectivity index (χ2n) is 6.08. The highest BCUT2D eigenvalue weighted by molar-refractivity contribution is 7.13. The number of aromatic nitrogens is 1. The average Bonchev–Trinajstić information content (AvgIpc) is 3.27. The van der Waals surface area contributed by atoms with E-state index in [1.165, 1.54) is 32.7 Å². The molecule has 0 aliphatic heterocycles. The number of esters is 1. The summed E-state index contributed by atoms with van der Waals surface area (Å²) in [6.07, 6.45) is 0. The van der Waals surface area contributed by atoms with Crippen LogP contribution in [0.25, 0.3) is 10.6 Å². The van der Waals surface area contributed by atoms with Crippen LogP contribution in [-0.2, 0) is 9.53 Å². The number of nitrogens with one attached hydrogen (secondary N) is 1. The van der Waals surface area contributed by atoms with Gasteiger partial charge in [0.15, 0.2) is 23.8 Å². The minimum Gasteiger partial charge on any atom is -0.493 e.